The van der Waals surface area contributed by atoms with Crippen molar-refractivity contribution in [3.63, 3.8) is 0 Å². The second-order valence-electron chi connectivity index (χ2n) is 2.25. The van der Waals surface area contributed by atoms with Crippen molar-refractivity contribution in [2.45, 2.75) is 12.5 Å². The van der Waals surface area contributed by atoms with Crippen molar-refractivity contribution in [1.29, 1.82) is 0 Å². The lowest BCUT2D eigenvalue weighted by Crippen LogP contribution is -2.32. The number of carboxylic acid groups (broad SMARTS) is 1. The fourth-order valence-electron chi connectivity index (χ4n) is 0.685. The van der Waals surface area contributed by atoms with Gasteiger partial charge in [-0.2, -0.15) is 0 Å². The van der Waals surface area contributed by atoms with Crippen molar-refractivity contribution < 1.29 is 16.8 Å². The topological polar surface area (TPSA) is 63.3 Å². The van der Waals surface area contributed by atoms with Gasteiger partial charge in [-0.25, -0.2) is 0 Å². The first-order chi connectivity index (χ1) is 7.77. The second kappa shape index (κ2) is 3.88. The Balaban J connectivity index is 3.30. The Labute approximate surface area is 77.8 Å². The van der Waals surface area contributed by atoms with Crippen molar-refractivity contribution in [2.24, 2.45) is 5.73 Å². The van der Waals surface area contributed by atoms with Crippen LogP contribution in [0.25, 0.3) is 0 Å². The molecule has 0 aliphatic rings. The highest BCUT2D eigenvalue weighted by Crippen LogP contribution is 2.01. The standard InChI is InChI=1S/C9H11NO2/c10-8(9(11)12)6-7-4-2-1-3-5-7/h1-5,8H,6,10H2,(H,11,12)/i1D,2D,3D,4D,5D. The number of benzene rings is 1. The van der Waals surface area contributed by atoms with E-state index in [4.69, 9.17) is 17.7 Å². The van der Waals surface area contributed by atoms with Crippen LogP contribution in [0.4, 0.5) is 0 Å². The normalized spacial score (nSPS) is 18.2. The van der Waals surface area contributed by atoms with Crippen LogP contribution in [-0.4, -0.2) is 17.1 Å². The van der Waals surface area contributed by atoms with Crippen LogP contribution in [0.1, 0.15) is 12.4 Å². The first kappa shape index (κ1) is 4.05. The summed E-state index contributed by atoms with van der Waals surface area (Å²) in [5.41, 5.74) is 5.21. The Bertz CT molecular complexity index is 448. The summed E-state index contributed by atoms with van der Waals surface area (Å²) in [7, 11) is 0. The maximum absolute atomic E-state index is 10.6. The van der Waals surface area contributed by atoms with E-state index in [1.54, 1.807) is 0 Å². The Hall–Kier alpha value is -1.35. The van der Waals surface area contributed by atoms with Gasteiger partial charge in [-0.05, 0) is 12.0 Å². The van der Waals surface area contributed by atoms with Crippen molar-refractivity contribution >= 4 is 5.97 Å². The van der Waals surface area contributed by atoms with E-state index in [9.17, 15) is 4.79 Å². The first-order valence-electron chi connectivity index (χ1n) is 5.81. The van der Waals surface area contributed by atoms with Crippen LogP contribution >= 0.6 is 0 Å². The van der Waals surface area contributed by atoms with Crippen LogP contribution in [0.3, 0.4) is 0 Å². The average molecular weight is 170 g/mol. The number of carbonyl (C=O) groups is 1. The van der Waals surface area contributed by atoms with Gasteiger partial charge in [0.05, 0.1) is 6.85 Å². The molecule has 1 unspecified atom stereocenters. The minimum absolute atomic E-state index is 0.0779. The van der Waals surface area contributed by atoms with E-state index >= 15 is 0 Å². The minimum atomic E-state index is -1.29. The largest absolute Gasteiger partial charge is 0.480 e. The van der Waals surface area contributed by atoms with E-state index in [2.05, 4.69) is 0 Å². The molecule has 1 atom stereocenters. The van der Waals surface area contributed by atoms with Crippen LogP contribution in [0, 0.1) is 0 Å². The molecule has 64 valence electrons. The SMILES string of the molecule is [2H]c1c([2H])c([2H])c(CC(N)C(=O)O)c([2H])c1[2H]. The summed E-state index contributed by atoms with van der Waals surface area (Å²) in [6, 6.07) is -3.59. The van der Waals surface area contributed by atoms with E-state index in [-0.39, 0.29) is 12.0 Å². The number of rotatable bonds is 3. The molecule has 0 saturated heterocycles. The zero-order valence-electron chi connectivity index (χ0n) is 11.2. The summed E-state index contributed by atoms with van der Waals surface area (Å²) in [4.78, 5) is 10.6. The molecule has 1 rings (SSSR count). The van der Waals surface area contributed by atoms with Crippen LogP contribution < -0.4 is 5.73 Å². The molecule has 0 spiro atoms. The molecule has 0 aliphatic carbocycles. The van der Waals surface area contributed by atoms with E-state index in [0.29, 0.717) is 0 Å². The molecule has 1 aromatic carbocycles. The van der Waals surface area contributed by atoms with E-state index < -0.39 is 42.2 Å². The van der Waals surface area contributed by atoms with Crippen molar-refractivity contribution in [3.05, 3.63) is 35.8 Å². The summed E-state index contributed by atoms with van der Waals surface area (Å²) < 4.78 is 37.2. The van der Waals surface area contributed by atoms with Gasteiger partial charge in [0.2, 0.25) is 0 Å². The second-order valence-corrected chi connectivity index (χ2v) is 2.25. The summed E-state index contributed by atoms with van der Waals surface area (Å²) in [5, 5.41) is 8.64. The third-order valence-electron chi connectivity index (χ3n) is 1.29. The van der Waals surface area contributed by atoms with Gasteiger partial charge in [0.15, 0.2) is 0 Å². The fourth-order valence-corrected chi connectivity index (χ4v) is 0.685. The van der Waals surface area contributed by atoms with E-state index in [1.807, 2.05) is 0 Å². The zero-order chi connectivity index (χ0) is 13.3. The van der Waals surface area contributed by atoms with Gasteiger partial charge in [0.25, 0.3) is 0 Å². The monoisotopic (exact) mass is 170 g/mol. The molecular weight excluding hydrogens is 154 g/mol. The summed E-state index contributed by atoms with van der Waals surface area (Å²) >= 11 is 0. The Kier molecular flexibility index (Phi) is 1.31. The van der Waals surface area contributed by atoms with Gasteiger partial charge in [0, 0.05) is 0 Å². The number of nitrogens with two attached hydrogens (primary N) is 1. The van der Waals surface area contributed by atoms with Gasteiger partial charge in [-0.3, -0.25) is 4.79 Å². The van der Waals surface area contributed by atoms with Crippen molar-refractivity contribution in [2.75, 3.05) is 0 Å². The third kappa shape index (κ3) is 2.36. The summed E-state index contributed by atoms with van der Waals surface area (Å²) in [5.74, 6) is -1.28. The summed E-state index contributed by atoms with van der Waals surface area (Å²) in [6.45, 7) is 0. The molecule has 0 bridgehead atoms. The van der Waals surface area contributed by atoms with Gasteiger partial charge in [-0.1, -0.05) is 30.2 Å². The predicted octanol–water partition coefficient (Wildman–Crippen LogP) is 0.641. The van der Waals surface area contributed by atoms with Crippen molar-refractivity contribution in [3.8, 4) is 0 Å². The lowest BCUT2D eigenvalue weighted by Gasteiger charge is -2.04. The molecular formula is C9H11NO2. The fraction of sp³-hybridized carbons (Fsp3) is 0.222. The molecule has 0 amide bonds. The molecule has 3 nitrogen and oxygen atoms in total. The van der Waals surface area contributed by atoms with Crippen LogP contribution in [0.5, 0.6) is 0 Å². The minimum Gasteiger partial charge on any atom is -0.480 e. The average Bonchev–Trinajstić information content (AvgIpc) is 2.29. The van der Waals surface area contributed by atoms with Crippen LogP contribution in [0.2, 0.25) is 0 Å². The molecule has 0 aromatic heterocycles. The van der Waals surface area contributed by atoms with Gasteiger partial charge < -0.3 is 10.8 Å². The van der Waals surface area contributed by atoms with Crippen molar-refractivity contribution in [1.82, 2.24) is 0 Å². The Morgan fingerprint density at radius 1 is 1.58 bits per heavy atom. The summed E-state index contributed by atoms with van der Waals surface area (Å²) in [6.07, 6.45) is -0.301. The lowest BCUT2D eigenvalue weighted by atomic mass is 10.1. The molecule has 0 fully saturated rings. The highest BCUT2D eigenvalue weighted by Gasteiger charge is 2.10. The number of hydrogen-bond acceptors (Lipinski definition) is 2. The predicted molar refractivity (Wildman–Crippen MR) is 45.8 cm³/mol. The Morgan fingerprint density at radius 2 is 2.17 bits per heavy atom. The lowest BCUT2D eigenvalue weighted by molar-refractivity contribution is -0.138. The van der Waals surface area contributed by atoms with Crippen LogP contribution in [-0.2, 0) is 11.2 Å². The molecule has 1 aromatic rings. The smallest absolute Gasteiger partial charge is 0.320 e. The molecule has 0 saturated carbocycles. The van der Waals surface area contributed by atoms with Gasteiger partial charge >= 0.3 is 5.97 Å². The first-order valence-corrected chi connectivity index (χ1v) is 3.31. The van der Waals surface area contributed by atoms with E-state index in [0.717, 1.165) is 0 Å². The maximum Gasteiger partial charge on any atom is 0.320 e. The van der Waals surface area contributed by atoms with Gasteiger partial charge in [-0.15, -0.1) is 0 Å². The maximum atomic E-state index is 10.6. The van der Waals surface area contributed by atoms with E-state index in [1.165, 1.54) is 0 Å². The molecule has 3 N–H and O–H groups in total. The number of aliphatic carboxylic acids is 1. The molecule has 0 heterocycles. The third-order valence-corrected chi connectivity index (χ3v) is 1.29. The Morgan fingerprint density at radius 3 is 2.67 bits per heavy atom. The molecule has 3 heteroatoms. The number of carboxylic acids is 1. The van der Waals surface area contributed by atoms with Gasteiger partial charge in [0.1, 0.15) is 6.04 Å². The quantitative estimate of drug-likeness (QED) is 0.699. The highest BCUT2D eigenvalue weighted by atomic mass is 16.4. The highest BCUT2D eigenvalue weighted by molar-refractivity contribution is 5.73. The van der Waals surface area contributed by atoms with Crippen LogP contribution in [0.15, 0.2) is 30.2 Å². The molecule has 0 radical (unpaired) electrons. The zero-order valence-corrected chi connectivity index (χ0v) is 6.22. The molecule has 12 heavy (non-hydrogen) atoms. The number of hydrogen-bond donors (Lipinski definition) is 2. The molecule has 0 aliphatic heterocycles.